The number of carbonyl (C=O) groups is 1. The van der Waals surface area contributed by atoms with Crippen LogP contribution in [0.2, 0.25) is 0 Å². The molecule has 0 amide bonds. The second-order valence-electron chi connectivity index (χ2n) is 3.48. The van der Waals surface area contributed by atoms with Gasteiger partial charge in [-0.05, 0) is 40.5 Å². The Balaban J connectivity index is 3.44. The Morgan fingerprint density at radius 2 is 2.08 bits per heavy atom. The lowest BCUT2D eigenvalue weighted by Crippen LogP contribution is -2.33. The van der Waals surface area contributed by atoms with E-state index in [1.165, 1.54) is 0 Å². The molecule has 1 atom stereocenters. The molecule has 1 unspecified atom stereocenters. The van der Waals surface area contributed by atoms with Crippen molar-refractivity contribution in [3.05, 3.63) is 0 Å². The van der Waals surface area contributed by atoms with Crippen molar-refractivity contribution in [1.29, 1.82) is 0 Å². The van der Waals surface area contributed by atoms with Gasteiger partial charge in [0.25, 0.3) is 0 Å². The molecule has 0 rings (SSSR count). The summed E-state index contributed by atoms with van der Waals surface area (Å²) >= 11 is 0. The van der Waals surface area contributed by atoms with Crippen molar-refractivity contribution in [3.8, 4) is 0 Å². The fraction of sp³-hybridized carbons (Fsp3) is 0.889. The number of carboxylic acid groups (broad SMARTS) is 1. The number of nitrogens with one attached hydrogen (secondary N) is 1. The molecule has 0 saturated heterocycles. The summed E-state index contributed by atoms with van der Waals surface area (Å²) in [6, 6.07) is -0.387. The quantitative estimate of drug-likeness (QED) is 0.567. The van der Waals surface area contributed by atoms with E-state index in [-0.39, 0.29) is 6.04 Å². The minimum Gasteiger partial charge on any atom is -0.480 e. The normalized spacial score (nSPS) is 13.2. The molecule has 0 spiro atoms. The zero-order valence-corrected chi connectivity index (χ0v) is 8.71. The molecule has 2 N–H and O–H groups in total. The highest BCUT2D eigenvalue weighted by Gasteiger charge is 2.13. The molecular formula is C9H20N2O2. The maximum Gasteiger partial charge on any atom is 0.320 e. The summed E-state index contributed by atoms with van der Waals surface area (Å²) in [4.78, 5) is 12.7. The molecule has 0 aromatic heterocycles. The summed E-state index contributed by atoms with van der Waals surface area (Å²) in [5.74, 6) is -0.757. The van der Waals surface area contributed by atoms with E-state index in [1.807, 2.05) is 14.1 Å². The van der Waals surface area contributed by atoms with Crippen molar-refractivity contribution in [2.75, 3.05) is 27.7 Å². The Hall–Kier alpha value is -0.610. The summed E-state index contributed by atoms with van der Waals surface area (Å²) in [6.07, 6.45) is 2.72. The van der Waals surface area contributed by atoms with Crippen molar-refractivity contribution in [1.82, 2.24) is 10.2 Å². The summed E-state index contributed by atoms with van der Waals surface area (Å²) < 4.78 is 0. The molecule has 0 aliphatic rings. The predicted octanol–water partition coefficient (Wildman–Crippen LogP) is 0.391. The second kappa shape index (κ2) is 6.86. The first kappa shape index (κ1) is 12.4. The van der Waals surface area contributed by atoms with Crippen LogP contribution in [-0.2, 0) is 4.79 Å². The summed E-state index contributed by atoms with van der Waals surface area (Å²) in [7, 11) is 5.73. The van der Waals surface area contributed by atoms with Crippen LogP contribution in [0.3, 0.4) is 0 Å². The molecule has 4 nitrogen and oxygen atoms in total. The molecule has 0 aromatic carbocycles. The van der Waals surface area contributed by atoms with Crippen LogP contribution in [0.5, 0.6) is 0 Å². The highest BCUT2D eigenvalue weighted by molar-refractivity contribution is 5.73. The third-order valence-corrected chi connectivity index (χ3v) is 1.99. The number of hydrogen-bond donors (Lipinski definition) is 2. The molecule has 4 heteroatoms. The highest BCUT2D eigenvalue weighted by atomic mass is 16.4. The number of hydrogen-bond acceptors (Lipinski definition) is 3. The molecule has 0 fully saturated rings. The van der Waals surface area contributed by atoms with Crippen molar-refractivity contribution in [2.24, 2.45) is 0 Å². The zero-order valence-electron chi connectivity index (χ0n) is 8.71. The van der Waals surface area contributed by atoms with Gasteiger partial charge in [-0.3, -0.25) is 4.79 Å². The van der Waals surface area contributed by atoms with Crippen molar-refractivity contribution in [3.63, 3.8) is 0 Å². The van der Waals surface area contributed by atoms with E-state index in [1.54, 1.807) is 7.05 Å². The van der Waals surface area contributed by atoms with Crippen LogP contribution >= 0.6 is 0 Å². The largest absolute Gasteiger partial charge is 0.480 e. The number of rotatable bonds is 7. The molecule has 0 aromatic rings. The summed E-state index contributed by atoms with van der Waals surface area (Å²) in [5.41, 5.74) is 0. The molecule has 0 heterocycles. The molecule has 0 radical (unpaired) electrons. The Kier molecular flexibility index (Phi) is 6.54. The third-order valence-electron chi connectivity index (χ3n) is 1.99. The topological polar surface area (TPSA) is 52.6 Å². The number of likely N-dealkylation sites (N-methyl/N-ethyl adjacent to an activating group) is 1. The zero-order chi connectivity index (χ0) is 10.3. The van der Waals surface area contributed by atoms with Crippen LogP contribution < -0.4 is 5.32 Å². The number of nitrogens with zero attached hydrogens (tertiary/aromatic N) is 1. The van der Waals surface area contributed by atoms with Gasteiger partial charge in [-0.15, -0.1) is 0 Å². The second-order valence-corrected chi connectivity index (χ2v) is 3.48. The van der Waals surface area contributed by atoms with E-state index in [9.17, 15) is 4.79 Å². The number of unbranched alkanes of at least 4 members (excludes halogenated alkanes) is 1. The fourth-order valence-electron chi connectivity index (χ4n) is 1.17. The first-order valence-electron chi connectivity index (χ1n) is 4.62. The monoisotopic (exact) mass is 188 g/mol. The molecule has 0 aliphatic heterocycles. The van der Waals surface area contributed by atoms with Gasteiger partial charge in [0, 0.05) is 0 Å². The van der Waals surface area contributed by atoms with Crippen LogP contribution in [0.1, 0.15) is 19.3 Å². The standard InChI is InChI=1S/C9H20N2O2/c1-10-8(9(12)13)6-4-5-7-11(2)3/h8,10H,4-7H2,1-3H3,(H,12,13). The Morgan fingerprint density at radius 1 is 1.46 bits per heavy atom. The van der Waals surface area contributed by atoms with Crippen molar-refractivity contribution < 1.29 is 9.90 Å². The molecule has 0 aliphatic carbocycles. The van der Waals surface area contributed by atoms with Crippen LogP contribution in [0, 0.1) is 0 Å². The van der Waals surface area contributed by atoms with Gasteiger partial charge >= 0.3 is 5.97 Å². The van der Waals surface area contributed by atoms with E-state index in [2.05, 4.69) is 10.2 Å². The Morgan fingerprint density at radius 3 is 2.46 bits per heavy atom. The lowest BCUT2D eigenvalue weighted by atomic mass is 10.1. The summed E-state index contributed by atoms with van der Waals surface area (Å²) in [5, 5.41) is 11.5. The minimum absolute atomic E-state index is 0.387. The highest BCUT2D eigenvalue weighted by Crippen LogP contribution is 2.01. The average Bonchev–Trinajstić information content (AvgIpc) is 2.03. The van der Waals surface area contributed by atoms with E-state index in [0.717, 1.165) is 19.4 Å². The van der Waals surface area contributed by atoms with Gasteiger partial charge in [0.2, 0.25) is 0 Å². The van der Waals surface area contributed by atoms with Gasteiger partial charge in [0.15, 0.2) is 0 Å². The predicted molar refractivity (Wildman–Crippen MR) is 52.9 cm³/mol. The van der Waals surface area contributed by atoms with Gasteiger partial charge in [-0.2, -0.15) is 0 Å². The summed E-state index contributed by atoms with van der Waals surface area (Å²) in [6.45, 7) is 1.02. The van der Waals surface area contributed by atoms with Gasteiger partial charge in [-0.1, -0.05) is 6.42 Å². The lowest BCUT2D eigenvalue weighted by molar-refractivity contribution is -0.139. The van der Waals surface area contributed by atoms with Crippen LogP contribution in [-0.4, -0.2) is 49.7 Å². The van der Waals surface area contributed by atoms with Crippen LogP contribution in [0.15, 0.2) is 0 Å². The SMILES string of the molecule is CNC(CCCCN(C)C)C(=O)O. The van der Waals surface area contributed by atoms with E-state index < -0.39 is 5.97 Å². The van der Waals surface area contributed by atoms with E-state index in [4.69, 9.17) is 5.11 Å². The molecule has 0 bridgehead atoms. The first-order valence-corrected chi connectivity index (χ1v) is 4.62. The maximum absolute atomic E-state index is 10.6. The molecule has 0 saturated carbocycles. The van der Waals surface area contributed by atoms with Gasteiger partial charge < -0.3 is 15.3 Å². The number of aliphatic carboxylic acids is 1. The maximum atomic E-state index is 10.6. The van der Waals surface area contributed by atoms with E-state index in [0.29, 0.717) is 6.42 Å². The van der Waals surface area contributed by atoms with Crippen molar-refractivity contribution in [2.45, 2.75) is 25.3 Å². The molecular weight excluding hydrogens is 168 g/mol. The Bertz CT molecular complexity index is 149. The van der Waals surface area contributed by atoms with E-state index >= 15 is 0 Å². The Labute approximate surface area is 79.9 Å². The molecule has 13 heavy (non-hydrogen) atoms. The lowest BCUT2D eigenvalue weighted by Gasteiger charge is -2.12. The van der Waals surface area contributed by atoms with Gasteiger partial charge in [0.05, 0.1) is 0 Å². The fourth-order valence-corrected chi connectivity index (χ4v) is 1.17. The number of carboxylic acids is 1. The minimum atomic E-state index is -0.757. The molecule has 78 valence electrons. The average molecular weight is 188 g/mol. The van der Waals surface area contributed by atoms with Crippen LogP contribution in [0.25, 0.3) is 0 Å². The third kappa shape index (κ3) is 6.54. The van der Waals surface area contributed by atoms with Gasteiger partial charge in [-0.25, -0.2) is 0 Å². The van der Waals surface area contributed by atoms with Crippen LogP contribution in [0.4, 0.5) is 0 Å². The van der Waals surface area contributed by atoms with Crippen molar-refractivity contribution >= 4 is 5.97 Å². The first-order chi connectivity index (χ1) is 6.07. The smallest absolute Gasteiger partial charge is 0.320 e. The van der Waals surface area contributed by atoms with Gasteiger partial charge in [0.1, 0.15) is 6.04 Å².